The molecule has 2 aromatic carbocycles. The van der Waals surface area contributed by atoms with E-state index in [1.54, 1.807) is 0 Å². The first kappa shape index (κ1) is 18.4. The van der Waals surface area contributed by atoms with E-state index in [1.165, 1.54) is 0 Å². The number of hydrogen-bond donors (Lipinski definition) is 1. The summed E-state index contributed by atoms with van der Waals surface area (Å²) in [4.78, 5) is 0. The Balaban J connectivity index is 1.63. The summed E-state index contributed by atoms with van der Waals surface area (Å²) in [6.07, 6.45) is -1.54. The molecule has 0 radical (unpaired) electrons. The van der Waals surface area contributed by atoms with E-state index in [2.05, 4.69) is 0 Å². The molecule has 0 saturated carbocycles. The second-order valence-corrected chi connectivity index (χ2v) is 6.44. The molecule has 1 heterocycles. The first-order valence-electron chi connectivity index (χ1n) is 8.47. The molecule has 1 N–H and O–H groups in total. The molecule has 0 aliphatic carbocycles. The Morgan fingerprint density at radius 1 is 0.920 bits per heavy atom. The maximum Gasteiger partial charge on any atom is 0.184 e. The van der Waals surface area contributed by atoms with Gasteiger partial charge in [-0.15, -0.1) is 11.6 Å². The van der Waals surface area contributed by atoms with Crippen LogP contribution in [0.5, 0.6) is 0 Å². The number of benzene rings is 2. The Labute approximate surface area is 153 Å². The van der Waals surface area contributed by atoms with Crippen LogP contribution in [0.2, 0.25) is 0 Å². The van der Waals surface area contributed by atoms with Crippen LogP contribution in [0.25, 0.3) is 0 Å². The van der Waals surface area contributed by atoms with Gasteiger partial charge in [-0.1, -0.05) is 60.7 Å². The summed E-state index contributed by atoms with van der Waals surface area (Å²) < 4.78 is 17.5. The molecule has 0 aromatic heterocycles. The molecule has 1 aliphatic rings. The lowest BCUT2D eigenvalue weighted by Crippen LogP contribution is -2.51. The second-order valence-electron chi connectivity index (χ2n) is 6.13. The van der Waals surface area contributed by atoms with E-state index in [9.17, 15) is 5.11 Å². The van der Waals surface area contributed by atoms with Gasteiger partial charge in [-0.3, -0.25) is 0 Å². The zero-order chi connectivity index (χ0) is 17.5. The van der Waals surface area contributed by atoms with Crippen LogP contribution >= 0.6 is 11.6 Å². The smallest absolute Gasteiger partial charge is 0.184 e. The summed E-state index contributed by atoms with van der Waals surface area (Å²) in [6.45, 7) is 0.848. The Kier molecular flexibility index (Phi) is 6.84. The first-order chi connectivity index (χ1) is 12.3. The quantitative estimate of drug-likeness (QED) is 0.766. The summed E-state index contributed by atoms with van der Waals surface area (Å²) in [5.74, 6) is 0.313. The molecule has 1 aliphatic heterocycles. The van der Waals surface area contributed by atoms with Crippen LogP contribution in [0, 0.1) is 0 Å². The van der Waals surface area contributed by atoms with Crippen LogP contribution in [0.3, 0.4) is 0 Å². The molecule has 25 heavy (non-hydrogen) atoms. The van der Waals surface area contributed by atoms with Crippen molar-refractivity contribution in [1.82, 2.24) is 0 Å². The van der Waals surface area contributed by atoms with Crippen molar-refractivity contribution in [2.75, 3.05) is 5.88 Å². The van der Waals surface area contributed by atoms with Crippen LogP contribution < -0.4 is 0 Å². The molecule has 134 valence electrons. The monoisotopic (exact) mass is 362 g/mol. The minimum Gasteiger partial charge on any atom is -0.371 e. The summed E-state index contributed by atoms with van der Waals surface area (Å²) >= 11 is 5.92. The Morgan fingerprint density at radius 3 is 2.04 bits per heavy atom. The SMILES string of the molecule is O[C@H]1O[C@H](CCl)C[C@H](OCc2ccccc2)[C@H]1OCc1ccccc1. The maximum absolute atomic E-state index is 10.3. The standard InChI is InChI=1S/C20H23ClO4/c21-12-17-11-18(23-13-15-7-3-1-4-8-15)19(20(22)25-17)24-14-16-9-5-2-6-10-16/h1-10,17-20,22H,11-14H2/t17-,18-,19+,20-/m0/s1. The zero-order valence-electron chi connectivity index (χ0n) is 14.0. The predicted molar refractivity (Wildman–Crippen MR) is 96.3 cm³/mol. The lowest BCUT2D eigenvalue weighted by atomic mass is 10.0. The van der Waals surface area contributed by atoms with E-state index in [0.29, 0.717) is 25.5 Å². The van der Waals surface area contributed by atoms with Crippen LogP contribution in [0.1, 0.15) is 17.5 Å². The van der Waals surface area contributed by atoms with Gasteiger partial charge >= 0.3 is 0 Å². The lowest BCUT2D eigenvalue weighted by molar-refractivity contribution is -0.267. The number of aliphatic hydroxyl groups is 1. The third-order valence-electron chi connectivity index (χ3n) is 4.24. The van der Waals surface area contributed by atoms with E-state index in [0.717, 1.165) is 11.1 Å². The van der Waals surface area contributed by atoms with Gasteiger partial charge in [0.2, 0.25) is 0 Å². The Bertz CT molecular complexity index is 622. The summed E-state index contributed by atoms with van der Waals surface area (Å²) in [7, 11) is 0. The zero-order valence-corrected chi connectivity index (χ0v) is 14.7. The molecule has 5 heteroatoms. The van der Waals surface area contributed by atoms with E-state index < -0.39 is 12.4 Å². The van der Waals surface area contributed by atoms with Gasteiger partial charge < -0.3 is 19.3 Å². The molecule has 3 rings (SSSR count). The summed E-state index contributed by atoms with van der Waals surface area (Å²) in [5.41, 5.74) is 2.11. The average Bonchev–Trinajstić information content (AvgIpc) is 2.67. The molecule has 1 saturated heterocycles. The van der Waals surface area contributed by atoms with Gasteiger partial charge in [0, 0.05) is 12.3 Å². The topological polar surface area (TPSA) is 47.9 Å². The molecule has 0 spiro atoms. The Hall–Kier alpha value is -1.43. The fourth-order valence-electron chi connectivity index (χ4n) is 2.90. The third kappa shape index (κ3) is 5.27. The van der Waals surface area contributed by atoms with Crippen molar-refractivity contribution in [3.8, 4) is 0 Å². The average molecular weight is 363 g/mol. The number of hydrogen-bond acceptors (Lipinski definition) is 4. The fraction of sp³-hybridized carbons (Fsp3) is 0.400. The van der Waals surface area contributed by atoms with Gasteiger partial charge in [0.15, 0.2) is 6.29 Å². The van der Waals surface area contributed by atoms with E-state index >= 15 is 0 Å². The molecular weight excluding hydrogens is 340 g/mol. The minimum atomic E-state index is -1.05. The van der Waals surface area contributed by atoms with Crippen molar-refractivity contribution in [2.45, 2.75) is 44.2 Å². The minimum absolute atomic E-state index is 0.242. The van der Waals surface area contributed by atoms with Gasteiger partial charge in [0.25, 0.3) is 0 Å². The van der Waals surface area contributed by atoms with Crippen molar-refractivity contribution in [3.63, 3.8) is 0 Å². The highest BCUT2D eigenvalue weighted by Gasteiger charge is 2.39. The van der Waals surface area contributed by atoms with Crippen molar-refractivity contribution in [2.24, 2.45) is 0 Å². The molecule has 0 bridgehead atoms. The Morgan fingerprint density at radius 2 is 1.48 bits per heavy atom. The fourth-order valence-corrected chi connectivity index (χ4v) is 3.10. The highest BCUT2D eigenvalue weighted by Crippen LogP contribution is 2.26. The van der Waals surface area contributed by atoms with Gasteiger partial charge in [0.1, 0.15) is 6.10 Å². The number of halogens is 1. The van der Waals surface area contributed by atoms with Crippen molar-refractivity contribution in [3.05, 3.63) is 71.8 Å². The first-order valence-corrected chi connectivity index (χ1v) is 9.00. The maximum atomic E-state index is 10.3. The van der Waals surface area contributed by atoms with Gasteiger partial charge in [-0.25, -0.2) is 0 Å². The lowest BCUT2D eigenvalue weighted by Gasteiger charge is -2.38. The van der Waals surface area contributed by atoms with Crippen molar-refractivity contribution >= 4 is 11.6 Å². The van der Waals surface area contributed by atoms with Crippen LogP contribution in [-0.4, -0.2) is 35.6 Å². The molecule has 4 nitrogen and oxygen atoms in total. The van der Waals surface area contributed by atoms with Crippen LogP contribution in [0.15, 0.2) is 60.7 Å². The summed E-state index contributed by atoms with van der Waals surface area (Å²) in [5, 5.41) is 10.3. The predicted octanol–water partition coefficient (Wildman–Crippen LogP) is 3.50. The molecular formula is C20H23ClO4. The van der Waals surface area contributed by atoms with Crippen molar-refractivity contribution < 1.29 is 19.3 Å². The van der Waals surface area contributed by atoms with Gasteiger partial charge in [0.05, 0.1) is 25.4 Å². The van der Waals surface area contributed by atoms with Gasteiger partial charge in [-0.05, 0) is 11.1 Å². The normalized spacial score (nSPS) is 26.5. The molecule has 0 unspecified atom stereocenters. The third-order valence-corrected chi connectivity index (χ3v) is 4.58. The highest BCUT2D eigenvalue weighted by molar-refractivity contribution is 6.18. The second kappa shape index (κ2) is 9.32. The van der Waals surface area contributed by atoms with E-state index in [-0.39, 0.29) is 12.2 Å². The molecule has 2 aromatic rings. The summed E-state index contributed by atoms with van der Waals surface area (Å²) in [6, 6.07) is 19.8. The van der Waals surface area contributed by atoms with Crippen LogP contribution in [-0.2, 0) is 27.4 Å². The highest BCUT2D eigenvalue weighted by atomic mass is 35.5. The number of rotatable bonds is 7. The number of ether oxygens (including phenoxy) is 3. The van der Waals surface area contributed by atoms with E-state index in [1.807, 2.05) is 60.7 Å². The molecule has 1 fully saturated rings. The largest absolute Gasteiger partial charge is 0.371 e. The van der Waals surface area contributed by atoms with Crippen LogP contribution in [0.4, 0.5) is 0 Å². The number of aliphatic hydroxyl groups excluding tert-OH is 1. The molecule has 0 amide bonds. The molecule has 4 atom stereocenters. The van der Waals surface area contributed by atoms with E-state index in [4.69, 9.17) is 25.8 Å². The number of alkyl halides is 1. The van der Waals surface area contributed by atoms with Crippen molar-refractivity contribution in [1.29, 1.82) is 0 Å². The van der Waals surface area contributed by atoms with Gasteiger partial charge in [-0.2, -0.15) is 0 Å².